The van der Waals surface area contributed by atoms with E-state index in [9.17, 15) is 4.79 Å². The molecule has 1 aromatic heterocycles. The molecular formula is C17H23N3O4. The third-order valence-electron chi connectivity index (χ3n) is 3.90. The lowest BCUT2D eigenvalue weighted by atomic mass is 10.1. The molecule has 0 aliphatic heterocycles. The fourth-order valence-corrected chi connectivity index (χ4v) is 2.58. The number of ether oxygens (including phenoxy) is 3. The summed E-state index contributed by atoms with van der Waals surface area (Å²) < 4.78 is 17.5. The molecule has 1 amide bonds. The third kappa shape index (κ3) is 3.15. The second-order valence-corrected chi connectivity index (χ2v) is 5.26. The maximum atomic E-state index is 12.7. The largest absolute Gasteiger partial charge is 0.496 e. The average molecular weight is 333 g/mol. The number of aromatic nitrogens is 2. The summed E-state index contributed by atoms with van der Waals surface area (Å²) in [5.74, 6) is 1.71. The normalized spacial score (nSPS) is 10.4. The van der Waals surface area contributed by atoms with E-state index in [1.54, 1.807) is 23.9 Å². The van der Waals surface area contributed by atoms with Crippen molar-refractivity contribution < 1.29 is 19.0 Å². The van der Waals surface area contributed by atoms with Crippen LogP contribution in [0.5, 0.6) is 17.2 Å². The van der Waals surface area contributed by atoms with Gasteiger partial charge in [-0.3, -0.25) is 9.48 Å². The summed E-state index contributed by atoms with van der Waals surface area (Å²) in [5, 5.41) is 7.30. The van der Waals surface area contributed by atoms with Crippen LogP contribution in [-0.4, -0.2) is 37.0 Å². The molecule has 24 heavy (non-hydrogen) atoms. The smallest absolute Gasteiger partial charge is 0.260 e. The summed E-state index contributed by atoms with van der Waals surface area (Å²) in [7, 11) is 6.35. The fraction of sp³-hybridized carbons (Fsp3) is 0.412. The highest BCUT2D eigenvalue weighted by molar-refractivity contribution is 6.06. The minimum atomic E-state index is -0.304. The topological polar surface area (TPSA) is 74.6 Å². The zero-order valence-electron chi connectivity index (χ0n) is 14.9. The molecule has 1 N–H and O–H groups in total. The molecule has 0 atom stereocenters. The number of benzene rings is 1. The highest BCUT2D eigenvalue weighted by Gasteiger charge is 2.20. The number of aryl methyl sites for hydroxylation is 2. The van der Waals surface area contributed by atoms with Gasteiger partial charge in [-0.1, -0.05) is 6.92 Å². The molecule has 0 spiro atoms. The lowest BCUT2D eigenvalue weighted by molar-refractivity contribution is 0.102. The van der Waals surface area contributed by atoms with Crippen molar-refractivity contribution in [2.45, 2.75) is 20.3 Å². The van der Waals surface area contributed by atoms with E-state index in [-0.39, 0.29) is 5.91 Å². The number of methoxy groups -OCH3 is 3. The zero-order valence-corrected chi connectivity index (χ0v) is 14.9. The van der Waals surface area contributed by atoms with Gasteiger partial charge in [0.15, 0.2) is 11.5 Å². The summed E-state index contributed by atoms with van der Waals surface area (Å²) in [6.07, 6.45) is 0.801. The first-order valence-electron chi connectivity index (χ1n) is 7.60. The Kier molecular flexibility index (Phi) is 5.33. The van der Waals surface area contributed by atoms with Gasteiger partial charge in [0.05, 0.1) is 32.6 Å². The number of anilines is 1. The molecule has 0 saturated carbocycles. The summed E-state index contributed by atoms with van der Waals surface area (Å²) in [4.78, 5) is 12.7. The van der Waals surface area contributed by atoms with Crippen LogP contribution in [0, 0.1) is 6.92 Å². The first kappa shape index (κ1) is 17.7. The number of hydrogen-bond acceptors (Lipinski definition) is 5. The molecule has 0 radical (unpaired) electrons. The van der Waals surface area contributed by atoms with Gasteiger partial charge in [0.25, 0.3) is 5.91 Å². The molecule has 0 fully saturated rings. The SMILES string of the molecule is CCc1nn(C)c(NC(=O)c2cc(OC)c(OC)cc2OC)c1C. The highest BCUT2D eigenvalue weighted by atomic mass is 16.5. The van der Waals surface area contributed by atoms with Gasteiger partial charge in [0, 0.05) is 24.7 Å². The minimum Gasteiger partial charge on any atom is -0.496 e. The molecular weight excluding hydrogens is 310 g/mol. The molecule has 1 heterocycles. The van der Waals surface area contributed by atoms with Crippen molar-refractivity contribution in [1.29, 1.82) is 0 Å². The van der Waals surface area contributed by atoms with E-state index < -0.39 is 0 Å². The monoisotopic (exact) mass is 333 g/mol. The van der Waals surface area contributed by atoms with Crippen molar-refractivity contribution in [2.24, 2.45) is 7.05 Å². The second kappa shape index (κ2) is 7.25. The van der Waals surface area contributed by atoms with E-state index in [4.69, 9.17) is 14.2 Å². The summed E-state index contributed by atoms with van der Waals surface area (Å²) in [6.45, 7) is 3.96. The zero-order chi connectivity index (χ0) is 17.9. The van der Waals surface area contributed by atoms with Gasteiger partial charge in [-0.05, 0) is 13.3 Å². The van der Waals surface area contributed by atoms with Gasteiger partial charge >= 0.3 is 0 Å². The highest BCUT2D eigenvalue weighted by Crippen LogP contribution is 2.35. The van der Waals surface area contributed by atoms with Crippen molar-refractivity contribution in [1.82, 2.24) is 9.78 Å². The Morgan fingerprint density at radius 2 is 1.71 bits per heavy atom. The van der Waals surface area contributed by atoms with Crippen molar-refractivity contribution in [2.75, 3.05) is 26.6 Å². The fourth-order valence-electron chi connectivity index (χ4n) is 2.58. The van der Waals surface area contributed by atoms with Gasteiger partial charge in [-0.2, -0.15) is 5.10 Å². The molecule has 0 saturated heterocycles. The second-order valence-electron chi connectivity index (χ2n) is 5.26. The lowest BCUT2D eigenvalue weighted by Gasteiger charge is -2.14. The van der Waals surface area contributed by atoms with Crippen LogP contribution < -0.4 is 19.5 Å². The number of hydrogen-bond donors (Lipinski definition) is 1. The number of nitrogens with one attached hydrogen (secondary N) is 1. The number of carbonyl (C=O) groups is 1. The standard InChI is InChI=1S/C17H23N3O4/c1-7-12-10(2)16(20(3)19-12)18-17(21)11-8-14(23-5)15(24-6)9-13(11)22-4/h8-9H,7H2,1-6H3,(H,18,21). The van der Waals surface area contributed by atoms with Gasteiger partial charge in [-0.25, -0.2) is 0 Å². The Morgan fingerprint density at radius 3 is 2.21 bits per heavy atom. The van der Waals surface area contributed by atoms with E-state index in [2.05, 4.69) is 10.4 Å². The molecule has 0 bridgehead atoms. The predicted octanol–water partition coefficient (Wildman–Crippen LogP) is 2.57. The Hall–Kier alpha value is -2.70. The molecule has 2 rings (SSSR count). The van der Waals surface area contributed by atoms with E-state index in [0.29, 0.717) is 28.6 Å². The van der Waals surface area contributed by atoms with Gasteiger partial charge < -0.3 is 19.5 Å². The molecule has 0 aliphatic carbocycles. The summed E-state index contributed by atoms with van der Waals surface area (Å²) in [5.41, 5.74) is 2.26. The van der Waals surface area contributed by atoms with E-state index in [1.807, 2.05) is 13.8 Å². The number of amides is 1. The average Bonchev–Trinajstić information content (AvgIpc) is 2.87. The summed E-state index contributed by atoms with van der Waals surface area (Å²) in [6, 6.07) is 3.22. The number of carbonyl (C=O) groups excluding carboxylic acids is 1. The van der Waals surface area contributed by atoms with Gasteiger partial charge in [0.2, 0.25) is 0 Å². The maximum Gasteiger partial charge on any atom is 0.260 e. The van der Waals surface area contributed by atoms with Crippen LogP contribution >= 0.6 is 0 Å². The van der Waals surface area contributed by atoms with Crippen molar-refractivity contribution >= 4 is 11.7 Å². The molecule has 1 aromatic carbocycles. The quantitative estimate of drug-likeness (QED) is 0.879. The maximum absolute atomic E-state index is 12.7. The van der Waals surface area contributed by atoms with Crippen LogP contribution in [0.2, 0.25) is 0 Å². The van der Waals surface area contributed by atoms with Crippen LogP contribution in [-0.2, 0) is 13.5 Å². The minimum absolute atomic E-state index is 0.304. The van der Waals surface area contributed by atoms with Crippen LogP contribution in [0.1, 0.15) is 28.5 Å². The number of rotatable bonds is 6. The van der Waals surface area contributed by atoms with Crippen LogP contribution in [0.15, 0.2) is 12.1 Å². The van der Waals surface area contributed by atoms with Crippen LogP contribution in [0.25, 0.3) is 0 Å². The molecule has 7 heteroatoms. The van der Waals surface area contributed by atoms with Crippen molar-refractivity contribution in [3.05, 3.63) is 29.0 Å². The van der Waals surface area contributed by atoms with E-state index in [1.165, 1.54) is 21.3 Å². The van der Waals surface area contributed by atoms with Crippen LogP contribution in [0.3, 0.4) is 0 Å². The van der Waals surface area contributed by atoms with Crippen LogP contribution in [0.4, 0.5) is 5.82 Å². The van der Waals surface area contributed by atoms with E-state index in [0.717, 1.165) is 17.7 Å². The molecule has 0 unspecified atom stereocenters. The first-order valence-corrected chi connectivity index (χ1v) is 7.60. The molecule has 130 valence electrons. The van der Waals surface area contributed by atoms with Crippen molar-refractivity contribution in [3.8, 4) is 17.2 Å². The Morgan fingerprint density at radius 1 is 1.12 bits per heavy atom. The van der Waals surface area contributed by atoms with Gasteiger partial charge in [-0.15, -0.1) is 0 Å². The summed E-state index contributed by atoms with van der Waals surface area (Å²) >= 11 is 0. The number of nitrogens with zero attached hydrogens (tertiary/aromatic N) is 2. The Labute approximate surface area is 141 Å². The Balaban J connectivity index is 2.41. The predicted molar refractivity (Wildman–Crippen MR) is 91.4 cm³/mol. The Bertz CT molecular complexity index is 753. The molecule has 2 aromatic rings. The molecule has 0 aliphatic rings. The third-order valence-corrected chi connectivity index (χ3v) is 3.90. The molecule has 7 nitrogen and oxygen atoms in total. The van der Waals surface area contributed by atoms with E-state index >= 15 is 0 Å². The first-order chi connectivity index (χ1) is 11.5. The lowest BCUT2D eigenvalue weighted by Crippen LogP contribution is -2.16. The van der Waals surface area contributed by atoms with Gasteiger partial charge in [0.1, 0.15) is 11.6 Å². The van der Waals surface area contributed by atoms with Crippen molar-refractivity contribution in [3.63, 3.8) is 0 Å².